The summed E-state index contributed by atoms with van der Waals surface area (Å²) in [6.07, 6.45) is 2.21. The molecule has 0 spiro atoms. The summed E-state index contributed by atoms with van der Waals surface area (Å²) in [6, 6.07) is 12.0. The number of rotatable bonds is 5. The van der Waals surface area contributed by atoms with Crippen LogP contribution in [0.3, 0.4) is 0 Å². The van der Waals surface area contributed by atoms with Crippen molar-refractivity contribution in [1.82, 2.24) is 4.90 Å². The van der Waals surface area contributed by atoms with Gasteiger partial charge in [0.05, 0.1) is 0 Å². The molecule has 2 aromatic carbocycles. The lowest BCUT2D eigenvalue weighted by atomic mass is 9.63. The van der Waals surface area contributed by atoms with Crippen LogP contribution in [0.2, 0.25) is 10.0 Å². The van der Waals surface area contributed by atoms with Crippen LogP contribution in [-0.2, 0) is 14.4 Å². The smallest absolute Gasteiger partial charge is 0.262 e. The third-order valence-electron chi connectivity index (χ3n) is 7.95. The first-order valence-electron chi connectivity index (χ1n) is 13.5. The molecule has 5 rings (SSSR count). The summed E-state index contributed by atoms with van der Waals surface area (Å²) in [5, 5.41) is 3.83. The van der Waals surface area contributed by atoms with Crippen molar-refractivity contribution in [3.8, 4) is 5.75 Å². The highest BCUT2D eigenvalue weighted by atomic mass is 35.5. The highest BCUT2D eigenvalue weighted by Gasteiger charge is 2.48. The largest absolute Gasteiger partial charge is 0.483 e. The Kier molecular flexibility index (Phi) is 7.38. The Morgan fingerprint density at radius 1 is 0.875 bits per heavy atom. The van der Waals surface area contributed by atoms with Gasteiger partial charge in [-0.1, -0.05) is 50.9 Å². The molecule has 210 valence electrons. The molecule has 1 N–H and O–H groups in total. The maximum atomic E-state index is 13.8. The highest BCUT2D eigenvalue weighted by molar-refractivity contribution is 6.31. The number of hydrogen-bond acceptors (Lipinski definition) is 5. The van der Waals surface area contributed by atoms with E-state index in [1.807, 2.05) is 7.05 Å². The standard InChI is InChI=1S/C32H34Cl2N2O4/c1-31(2)13-22-29(24(37)15-31)28(30-23(36(22)5)14-32(3,4)16-25(30)38)21-12-19(34)8-11-26(21)40-17-27(39)35-20-9-6-18(33)7-10-20/h6-12,28H,13-17H2,1-5H3,(H,35,39). The highest BCUT2D eigenvalue weighted by Crippen LogP contribution is 2.55. The van der Waals surface area contributed by atoms with E-state index in [0.29, 0.717) is 63.9 Å². The quantitative estimate of drug-likeness (QED) is 0.400. The Morgan fingerprint density at radius 3 is 1.95 bits per heavy atom. The second-order valence-electron chi connectivity index (χ2n) is 12.6. The third-order valence-corrected chi connectivity index (χ3v) is 8.44. The molecule has 0 unspecified atom stereocenters. The summed E-state index contributed by atoms with van der Waals surface area (Å²) in [7, 11) is 1.97. The lowest BCUT2D eigenvalue weighted by molar-refractivity contribution is -0.120. The zero-order valence-corrected chi connectivity index (χ0v) is 25.0. The van der Waals surface area contributed by atoms with E-state index in [0.717, 1.165) is 11.4 Å². The van der Waals surface area contributed by atoms with Gasteiger partial charge in [-0.15, -0.1) is 0 Å². The van der Waals surface area contributed by atoms with E-state index < -0.39 is 5.92 Å². The first-order chi connectivity index (χ1) is 18.7. The first-order valence-corrected chi connectivity index (χ1v) is 14.2. The number of nitrogens with zero attached hydrogens (tertiary/aromatic N) is 1. The normalized spacial score (nSPS) is 20.3. The van der Waals surface area contributed by atoms with Crippen LogP contribution in [-0.4, -0.2) is 36.0 Å². The minimum Gasteiger partial charge on any atom is -0.483 e. The minimum absolute atomic E-state index is 0.0266. The van der Waals surface area contributed by atoms with E-state index in [-0.39, 0.29) is 34.9 Å². The summed E-state index contributed by atoms with van der Waals surface area (Å²) in [4.78, 5) is 42.4. The number of Topliss-reactive ketones (excluding diaryl/α,β-unsaturated/α-hetero) is 2. The number of nitrogens with one attached hydrogen (secondary N) is 1. The number of benzene rings is 2. The average Bonchev–Trinajstić information content (AvgIpc) is 2.85. The molecule has 8 heteroatoms. The lowest BCUT2D eigenvalue weighted by Crippen LogP contribution is -2.43. The van der Waals surface area contributed by atoms with Crippen LogP contribution in [0.4, 0.5) is 5.69 Å². The van der Waals surface area contributed by atoms with Crippen molar-refractivity contribution < 1.29 is 19.1 Å². The van der Waals surface area contributed by atoms with Crippen LogP contribution in [0.25, 0.3) is 0 Å². The zero-order chi connectivity index (χ0) is 29.0. The fraction of sp³-hybridized carbons (Fsp3) is 0.406. The molecule has 0 saturated carbocycles. The number of carbonyl (C=O) groups excluding carboxylic acids is 3. The van der Waals surface area contributed by atoms with Gasteiger partial charge in [-0.25, -0.2) is 0 Å². The van der Waals surface area contributed by atoms with Crippen LogP contribution < -0.4 is 10.1 Å². The number of amides is 1. The van der Waals surface area contributed by atoms with E-state index in [2.05, 4.69) is 37.9 Å². The van der Waals surface area contributed by atoms with Gasteiger partial charge in [0.25, 0.3) is 5.91 Å². The Labute approximate surface area is 245 Å². The van der Waals surface area contributed by atoms with Gasteiger partial charge >= 0.3 is 0 Å². The Balaban J connectivity index is 1.56. The molecular weight excluding hydrogens is 547 g/mol. The maximum absolute atomic E-state index is 13.8. The Bertz CT molecular complexity index is 1420. The first kappa shape index (κ1) is 28.4. The molecular formula is C32H34Cl2N2O4. The second-order valence-corrected chi connectivity index (χ2v) is 13.5. The van der Waals surface area contributed by atoms with Crippen molar-refractivity contribution in [1.29, 1.82) is 0 Å². The van der Waals surface area contributed by atoms with Crippen molar-refractivity contribution in [2.24, 2.45) is 10.8 Å². The number of ketones is 2. The van der Waals surface area contributed by atoms with Crippen molar-refractivity contribution in [2.75, 3.05) is 19.0 Å². The lowest BCUT2D eigenvalue weighted by Gasteiger charge is -2.48. The number of ether oxygens (including phenoxy) is 1. The molecule has 1 heterocycles. The number of halogens is 2. The molecule has 0 radical (unpaired) electrons. The molecule has 0 atom stereocenters. The molecule has 6 nitrogen and oxygen atoms in total. The number of carbonyl (C=O) groups is 3. The van der Waals surface area contributed by atoms with E-state index in [1.54, 1.807) is 42.5 Å². The third kappa shape index (κ3) is 5.57. The predicted octanol–water partition coefficient (Wildman–Crippen LogP) is 7.33. The average molecular weight is 582 g/mol. The molecule has 2 aliphatic carbocycles. The number of hydrogen-bond donors (Lipinski definition) is 1. The SMILES string of the molecule is CN1C2=C(C(=O)CC(C)(C)C2)C(c2cc(Cl)ccc2OCC(=O)Nc2ccc(Cl)cc2)C2=C1CC(C)(C)CC2=O. The molecule has 0 bridgehead atoms. The molecule has 3 aliphatic rings. The van der Waals surface area contributed by atoms with Gasteiger partial charge in [0.1, 0.15) is 5.75 Å². The van der Waals surface area contributed by atoms with Crippen LogP contribution >= 0.6 is 23.2 Å². The van der Waals surface area contributed by atoms with Crippen molar-refractivity contribution in [3.05, 3.63) is 80.6 Å². The van der Waals surface area contributed by atoms with Gasteiger partial charge in [0.2, 0.25) is 0 Å². The van der Waals surface area contributed by atoms with Crippen molar-refractivity contribution in [2.45, 2.75) is 59.3 Å². The summed E-state index contributed by atoms with van der Waals surface area (Å²) in [5.74, 6) is -0.490. The summed E-state index contributed by atoms with van der Waals surface area (Å²) >= 11 is 12.4. The Morgan fingerprint density at radius 2 is 1.40 bits per heavy atom. The topological polar surface area (TPSA) is 75.7 Å². The van der Waals surface area contributed by atoms with Gasteiger partial charge in [0.15, 0.2) is 18.2 Å². The summed E-state index contributed by atoms with van der Waals surface area (Å²) in [6.45, 7) is 8.15. The minimum atomic E-state index is -0.610. The van der Waals surface area contributed by atoms with Crippen molar-refractivity contribution in [3.63, 3.8) is 0 Å². The zero-order valence-electron chi connectivity index (χ0n) is 23.5. The maximum Gasteiger partial charge on any atom is 0.262 e. The van der Waals surface area contributed by atoms with E-state index in [9.17, 15) is 14.4 Å². The molecule has 40 heavy (non-hydrogen) atoms. The summed E-state index contributed by atoms with van der Waals surface area (Å²) in [5.41, 5.74) is 3.98. The van der Waals surface area contributed by atoms with Crippen LogP contribution in [0.5, 0.6) is 5.75 Å². The second kappa shape index (κ2) is 10.4. The van der Waals surface area contributed by atoms with E-state index in [1.165, 1.54) is 0 Å². The van der Waals surface area contributed by atoms with Gasteiger partial charge in [-0.2, -0.15) is 0 Å². The number of anilines is 1. The van der Waals surface area contributed by atoms with Crippen LogP contribution in [0, 0.1) is 10.8 Å². The van der Waals surface area contributed by atoms with Gasteiger partial charge in [0, 0.05) is 69.6 Å². The monoisotopic (exact) mass is 580 g/mol. The fourth-order valence-electron chi connectivity index (χ4n) is 6.23. The van der Waals surface area contributed by atoms with E-state index >= 15 is 0 Å². The Hall–Kier alpha value is -3.09. The molecule has 1 aliphatic heterocycles. The summed E-state index contributed by atoms with van der Waals surface area (Å²) < 4.78 is 6.06. The molecule has 1 amide bonds. The van der Waals surface area contributed by atoms with Gasteiger partial charge in [-0.3, -0.25) is 14.4 Å². The fourth-order valence-corrected chi connectivity index (χ4v) is 6.53. The molecule has 0 saturated heterocycles. The van der Waals surface area contributed by atoms with Crippen molar-refractivity contribution >= 4 is 46.4 Å². The van der Waals surface area contributed by atoms with Gasteiger partial charge < -0.3 is 15.0 Å². The van der Waals surface area contributed by atoms with Gasteiger partial charge in [-0.05, 0) is 66.1 Å². The molecule has 0 aromatic heterocycles. The van der Waals surface area contributed by atoms with Crippen LogP contribution in [0.1, 0.15) is 64.9 Å². The molecule has 0 fully saturated rings. The predicted molar refractivity (Wildman–Crippen MR) is 158 cm³/mol. The molecule has 2 aromatic rings. The number of allylic oxidation sites excluding steroid dienone is 4. The van der Waals surface area contributed by atoms with E-state index in [4.69, 9.17) is 27.9 Å². The van der Waals surface area contributed by atoms with Crippen LogP contribution in [0.15, 0.2) is 65.0 Å².